The highest BCUT2D eigenvalue weighted by molar-refractivity contribution is 6.17. The molecular weight excluding hydrogens is 184 g/mol. The third kappa shape index (κ3) is 6.17. The summed E-state index contributed by atoms with van der Waals surface area (Å²) in [7, 11) is -0.876. The third-order valence-corrected chi connectivity index (χ3v) is 2.82. The minimum absolute atomic E-state index is 0.876. The van der Waals surface area contributed by atoms with E-state index in [1.165, 1.54) is 0 Å². The first-order chi connectivity index (χ1) is 6.28. The summed E-state index contributed by atoms with van der Waals surface area (Å²) in [6, 6.07) is 0. The summed E-state index contributed by atoms with van der Waals surface area (Å²) in [5.74, 6) is 0. The zero-order valence-corrected chi connectivity index (χ0v) is 10.7. The molecule has 0 rings (SSSR count). The van der Waals surface area contributed by atoms with E-state index in [0.717, 1.165) is 26.2 Å². The Morgan fingerprint density at radius 3 is 1.31 bits per heavy atom. The van der Waals surface area contributed by atoms with Gasteiger partial charge in [0.2, 0.25) is 0 Å². The number of hydroxylamine groups is 4. The smallest absolute Gasteiger partial charge is 0.315 e. The van der Waals surface area contributed by atoms with E-state index in [-0.39, 0.29) is 0 Å². The third-order valence-electron chi connectivity index (χ3n) is 1.88. The number of nitrogens with zero attached hydrogens (tertiary/aromatic N) is 2. The number of hydrogen-bond acceptors (Lipinski definition) is 4. The maximum absolute atomic E-state index is 5.48. The van der Waals surface area contributed by atoms with Crippen molar-refractivity contribution in [2.24, 2.45) is 0 Å². The van der Waals surface area contributed by atoms with E-state index in [2.05, 4.69) is 27.7 Å². The lowest BCUT2D eigenvalue weighted by atomic mass is 10.6. The zero-order chi connectivity index (χ0) is 10.1. The monoisotopic (exact) mass is 206 g/mol. The maximum Gasteiger partial charge on any atom is 0.346 e. The van der Waals surface area contributed by atoms with Crippen LogP contribution >= 0.6 is 0 Å². The average molecular weight is 206 g/mol. The van der Waals surface area contributed by atoms with Gasteiger partial charge in [-0.15, -0.1) is 0 Å². The maximum atomic E-state index is 5.48. The highest BCUT2D eigenvalue weighted by Gasteiger charge is 2.02. The summed E-state index contributed by atoms with van der Waals surface area (Å²) < 4.78 is 11.0. The van der Waals surface area contributed by atoms with E-state index < -0.39 is 10.0 Å². The molecule has 0 saturated carbocycles. The Morgan fingerprint density at radius 2 is 1.08 bits per heavy atom. The lowest BCUT2D eigenvalue weighted by Gasteiger charge is -2.22. The second-order valence-corrected chi connectivity index (χ2v) is 3.36. The normalized spacial score (nSPS) is 11.5. The molecule has 0 aromatic heterocycles. The van der Waals surface area contributed by atoms with Crippen molar-refractivity contribution in [3.05, 3.63) is 0 Å². The van der Waals surface area contributed by atoms with Crippen LogP contribution in [0.15, 0.2) is 0 Å². The molecule has 0 aliphatic heterocycles. The molecule has 0 N–H and O–H groups in total. The van der Waals surface area contributed by atoms with Gasteiger partial charge in [-0.2, -0.15) is 10.1 Å². The highest BCUT2D eigenvalue weighted by atomic mass is 28.3. The Kier molecular flexibility index (Phi) is 8.68. The Bertz CT molecular complexity index is 96.3. The Labute approximate surface area is 83.8 Å². The van der Waals surface area contributed by atoms with Crippen LogP contribution in [0.25, 0.3) is 0 Å². The second kappa shape index (κ2) is 8.65. The molecule has 0 bridgehead atoms. The van der Waals surface area contributed by atoms with E-state index in [1.807, 2.05) is 10.1 Å². The quantitative estimate of drug-likeness (QED) is 0.427. The van der Waals surface area contributed by atoms with E-state index in [9.17, 15) is 0 Å². The van der Waals surface area contributed by atoms with Crippen molar-refractivity contribution in [2.45, 2.75) is 27.7 Å². The van der Waals surface area contributed by atoms with Gasteiger partial charge in [0.05, 0.1) is 0 Å². The fourth-order valence-electron chi connectivity index (χ4n) is 0.985. The summed E-state index contributed by atoms with van der Waals surface area (Å²) in [5, 5.41) is 3.85. The standard InChI is InChI=1S/C8H22N2O2Si/c1-5-9(6-2)11-13-12-10(7-3)8-4/h5-8,13H2,1-4H3. The molecule has 0 aliphatic rings. The van der Waals surface area contributed by atoms with Gasteiger partial charge >= 0.3 is 10.0 Å². The summed E-state index contributed by atoms with van der Waals surface area (Å²) >= 11 is 0. The molecule has 0 aliphatic carbocycles. The van der Waals surface area contributed by atoms with Crippen LogP contribution in [0.5, 0.6) is 0 Å². The van der Waals surface area contributed by atoms with Gasteiger partial charge in [-0.05, 0) is 0 Å². The van der Waals surface area contributed by atoms with Gasteiger partial charge < -0.3 is 9.05 Å². The second-order valence-electron chi connectivity index (χ2n) is 2.60. The van der Waals surface area contributed by atoms with Gasteiger partial charge in [-0.25, -0.2) is 0 Å². The van der Waals surface area contributed by atoms with Gasteiger partial charge in [-0.3, -0.25) is 0 Å². The van der Waals surface area contributed by atoms with Gasteiger partial charge in [0.15, 0.2) is 0 Å². The van der Waals surface area contributed by atoms with Crippen LogP contribution in [-0.2, 0) is 9.05 Å². The first-order valence-corrected chi connectivity index (χ1v) is 6.19. The molecule has 0 amide bonds. The van der Waals surface area contributed by atoms with Gasteiger partial charge in [0.25, 0.3) is 0 Å². The predicted octanol–water partition coefficient (Wildman–Crippen LogP) is 0.532. The Balaban J connectivity index is 3.41. The molecule has 0 heterocycles. The molecule has 80 valence electrons. The first-order valence-electron chi connectivity index (χ1n) is 5.04. The molecule has 0 unspecified atom stereocenters. The molecule has 0 radical (unpaired) electrons. The fraction of sp³-hybridized carbons (Fsp3) is 1.00. The molecular formula is C8H22N2O2Si. The predicted molar refractivity (Wildman–Crippen MR) is 56.6 cm³/mol. The van der Waals surface area contributed by atoms with Gasteiger partial charge in [0.1, 0.15) is 0 Å². The van der Waals surface area contributed by atoms with Crippen molar-refractivity contribution in [1.29, 1.82) is 0 Å². The summed E-state index contributed by atoms with van der Waals surface area (Å²) in [5.41, 5.74) is 0. The van der Waals surface area contributed by atoms with E-state index in [1.54, 1.807) is 0 Å². The molecule has 0 saturated heterocycles. The van der Waals surface area contributed by atoms with Crippen molar-refractivity contribution in [3.63, 3.8) is 0 Å². The Hall–Kier alpha value is 0.0569. The molecule has 4 nitrogen and oxygen atoms in total. The molecule has 0 atom stereocenters. The molecule has 0 fully saturated rings. The lowest BCUT2D eigenvalue weighted by Crippen LogP contribution is -2.31. The number of rotatable bonds is 8. The van der Waals surface area contributed by atoms with Gasteiger partial charge in [-0.1, -0.05) is 27.7 Å². The lowest BCUT2D eigenvalue weighted by molar-refractivity contribution is -0.119. The average Bonchev–Trinajstić information content (AvgIpc) is 2.19. The van der Waals surface area contributed by atoms with E-state index in [4.69, 9.17) is 9.05 Å². The molecule has 0 spiro atoms. The van der Waals surface area contributed by atoms with Crippen molar-refractivity contribution in [1.82, 2.24) is 10.1 Å². The van der Waals surface area contributed by atoms with Crippen LogP contribution < -0.4 is 0 Å². The first kappa shape index (κ1) is 13.1. The van der Waals surface area contributed by atoms with Crippen LogP contribution in [0, 0.1) is 0 Å². The van der Waals surface area contributed by atoms with Crippen LogP contribution in [0.2, 0.25) is 0 Å². The largest absolute Gasteiger partial charge is 0.346 e. The van der Waals surface area contributed by atoms with Crippen molar-refractivity contribution >= 4 is 10.0 Å². The van der Waals surface area contributed by atoms with E-state index in [0.29, 0.717) is 0 Å². The summed E-state index contributed by atoms with van der Waals surface area (Å²) in [4.78, 5) is 0. The van der Waals surface area contributed by atoms with Crippen molar-refractivity contribution < 1.29 is 9.05 Å². The summed E-state index contributed by atoms with van der Waals surface area (Å²) in [6.45, 7) is 12.0. The van der Waals surface area contributed by atoms with Crippen LogP contribution in [0.1, 0.15) is 27.7 Å². The zero-order valence-electron chi connectivity index (χ0n) is 9.25. The van der Waals surface area contributed by atoms with E-state index >= 15 is 0 Å². The SMILES string of the molecule is CCN(CC)O[SiH2]ON(CC)CC. The molecule has 0 aromatic carbocycles. The molecule has 0 aromatic rings. The number of hydrogen-bond donors (Lipinski definition) is 0. The van der Waals surface area contributed by atoms with Crippen LogP contribution in [-0.4, -0.2) is 46.3 Å². The minimum Gasteiger partial charge on any atom is -0.315 e. The van der Waals surface area contributed by atoms with Gasteiger partial charge in [0, 0.05) is 26.2 Å². The highest BCUT2D eigenvalue weighted by Crippen LogP contribution is 1.91. The van der Waals surface area contributed by atoms with Crippen molar-refractivity contribution in [2.75, 3.05) is 26.2 Å². The van der Waals surface area contributed by atoms with Crippen LogP contribution in [0.3, 0.4) is 0 Å². The summed E-state index contributed by atoms with van der Waals surface area (Å²) in [6.07, 6.45) is 0. The molecule has 5 heteroatoms. The fourth-order valence-corrected chi connectivity index (χ4v) is 2.06. The molecule has 13 heavy (non-hydrogen) atoms. The van der Waals surface area contributed by atoms with Crippen molar-refractivity contribution in [3.8, 4) is 0 Å². The Morgan fingerprint density at radius 1 is 0.769 bits per heavy atom. The van der Waals surface area contributed by atoms with Crippen LogP contribution in [0.4, 0.5) is 0 Å². The topological polar surface area (TPSA) is 24.9 Å². The minimum atomic E-state index is -0.876.